The van der Waals surface area contributed by atoms with Gasteiger partial charge in [-0.05, 0) is 30.3 Å². The van der Waals surface area contributed by atoms with Crippen LogP contribution in [0, 0.1) is 5.82 Å². The molecule has 7 heteroatoms. The van der Waals surface area contributed by atoms with Gasteiger partial charge in [-0.3, -0.25) is 0 Å². The van der Waals surface area contributed by atoms with Gasteiger partial charge in [0.15, 0.2) is 11.6 Å². The lowest BCUT2D eigenvalue weighted by Crippen LogP contribution is -2.04. The summed E-state index contributed by atoms with van der Waals surface area (Å²) in [5, 5.41) is 2.70. The summed E-state index contributed by atoms with van der Waals surface area (Å²) in [6.45, 7) is 0. The highest BCUT2D eigenvalue weighted by Crippen LogP contribution is 2.30. The second-order valence-corrected chi connectivity index (χ2v) is 4.12. The third-order valence-corrected chi connectivity index (χ3v) is 2.49. The van der Waals surface area contributed by atoms with Gasteiger partial charge in [-0.15, -0.1) is 0 Å². The molecule has 2 nitrogen and oxygen atoms in total. The topological polar surface area (TPSA) is 24.9 Å². The number of alkyl halides is 3. The molecule has 0 saturated heterocycles. The van der Waals surface area contributed by atoms with Gasteiger partial charge in [0, 0.05) is 11.9 Å². The van der Waals surface area contributed by atoms with Crippen molar-refractivity contribution in [1.29, 1.82) is 0 Å². The Kier molecular flexibility index (Phi) is 3.61. The highest BCUT2D eigenvalue weighted by molar-refractivity contribution is 6.30. The molecule has 1 aromatic carbocycles. The molecule has 0 aliphatic rings. The summed E-state index contributed by atoms with van der Waals surface area (Å²) >= 11 is 5.54. The SMILES string of the molecule is Fc1cc(Cl)cnc1Nc1ccc(C(F)(F)F)cc1. The number of hydrogen-bond acceptors (Lipinski definition) is 2. The van der Waals surface area contributed by atoms with Crippen molar-refractivity contribution < 1.29 is 17.6 Å². The summed E-state index contributed by atoms with van der Waals surface area (Å²) in [6, 6.07) is 5.24. The molecule has 19 heavy (non-hydrogen) atoms. The number of benzene rings is 1. The van der Waals surface area contributed by atoms with Crippen molar-refractivity contribution in [2.75, 3.05) is 5.32 Å². The summed E-state index contributed by atoms with van der Waals surface area (Å²) < 4.78 is 50.5. The molecule has 1 heterocycles. The van der Waals surface area contributed by atoms with E-state index in [1.165, 1.54) is 18.3 Å². The van der Waals surface area contributed by atoms with E-state index in [4.69, 9.17) is 11.6 Å². The quantitative estimate of drug-likeness (QED) is 0.815. The number of rotatable bonds is 2. The van der Waals surface area contributed by atoms with Gasteiger partial charge in [-0.25, -0.2) is 9.37 Å². The van der Waals surface area contributed by atoms with Crippen LogP contribution in [-0.4, -0.2) is 4.98 Å². The van der Waals surface area contributed by atoms with Crippen LogP contribution in [0.1, 0.15) is 5.56 Å². The number of hydrogen-bond donors (Lipinski definition) is 1. The Labute approximate surface area is 111 Å². The largest absolute Gasteiger partial charge is 0.416 e. The van der Waals surface area contributed by atoms with E-state index < -0.39 is 17.6 Å². The standard InChI is InChI=1S/C12H7ClF4N2/c13-8-5-10(14)11(18-6-8)19-9-3-1-7(2-4-9)12(15,16)17/h1-6H,(H,18,19). The van der Waals surface area contributed by atoms with E-state index in [1.807, 2.05) is 0 Å². The Morgan fingerprint density at radius 3 is 2.26 bits per heavy atom. The lowest BCUT2D eigenvalue weighted by molar-refractivity contribution is -0.137. The molecule has 0 aliphatic carbocycles. The van der Waals surface area contributed by atoms with Crippen molar-refractivity contribution >= 4 is 23.1 Å². The maximum absolute atomic E-state index is 13.4. The number of halogens is 5. The molecular weight excluding hydrogens is 284 g/mol. The molecule has 0 fully saturated rings. The van der Waals surface area contributed by atoms with Crippen LogP contribution in [0.5, 0.6) is 0 Å². The van der Waals surface area contributed by atoms with Gasteiger partial charge in [0.1, 0.15) is 0 Å². The first-order chi connectivity index (χ1) is 8.86. The van der Waals surface area contributed by atoms with Gasteiger partial charge in [0.05, 0.1) is 10.6 Å². The van der Waals surface area contributed by atoms with Crippen LogP contribution in [-0.2, 0) is 6.18 Å². The molecule has 0 aliphatic heterocycles. The number of nitrogens with one attached hydrogen (secondary N) is 1. The molecule has 100 valence electrons. The van der Waals surface area contributed by atoms with Crippen LogP contribution >= 0.6 is 11.6 Å². The van der Waals surface area contributed by atoms with E-state index in [0.29, 0.717) is 5.69 Å². The molecule has 0 radical (unpaired) electrons. The summed E-state index contributed by atoms with van der Waals surface area (Å²) in [7, 11) is 0. The molecular formula is C12H7ClF4N2. The first-order valence-electron chi connectivity index (χ1n) is 5.11. The van der Waals surface area contributed by atoms with Gasteiger partial charge in [-0.2, -0.15) is 13.2 Å². The lowest BCUT2D eigenvalue weighted by atomic mass is 10.2. The lowest BCUT2D eigenvalue weighted by Gasteiger charge is -2.09. The highest BCUT2D eigenvalue weighted by Gasteiger charge is 2.29. The van der Waals surface area contributed by atoms with E-state index >= 15 is 0 Å². The normalized spacial score (nSPS) is 11.4. The maximum atomic E-state index is 13.4. The Balaban J connectivity index is 2.20. The monoisotopic (exact) mass is 290 g/mol. The number of pyridine rings is 1. The molecule has 1 N–H and O–H groups in total. The van der Waals surface area contributed by atoms with Crippen molar-refractivity contribution in [3.8, 4) is 0 Å². The fourth-order valence-electron chi connectivity index (χ4n) is 1.39. The minimum absolute atomic E-state index is 0.107. The van der Waals surface area contributed by atoms with E-state index in [-0.39, 0.29) is 10.8 Å². The molecule has 0 unspecified atom stereocenters. The minimum atomic E-state index is -4.40. The maximum Gasteiger partial charge on any atom is 0.416 e. The smallest absolute Gasteiger partial charge is 0.338 e. The second-order valence-electron chi connectivity index (χ2n) is 3.68. The minimum Gasteiger partial charge on any atom is -0.338 e. The van der Waals surface area contributed by atoms with Gasteiger partial charge in [-0.1, -0.05) is 11.6 Å². The fraction of sp³-hybridized carbons (Fsp3) is 0.0833. The van der Waals surface area contributed by atoms with Crippen molar-refractivity contribution in [3.63, 3.8) is 0 Å². The predicted molar refractivity (Wildman–Crippen MR) is 63.9 cm³/mol. The van der Waals surface area contributed by atoms with Crippen LogP contribution < -0.4 is 5.32 Å². The first kappa shape index (κ1) is 13.6. The van der Waals surface area contributed by atoms with Crippen LogP contribution in [0.2, 0.25) is 5.02 Å². The van der Waals surface area contributed by atoms with E-state index in [2.05, 4.69) is 10.3 Å². The average Bonchev–Trinajstić information content (AvgIpc) is 2.32. The molecule has 1 aromatic heterocycles. The zero-order chi connectivity index (χ0) is 14.0. The van der Waals surface area contributed by atoms with Gasteiger partial charge >= 0.3 is 6.18 Å². The molecule has 0 amide bonds. The van der Waals surface area contributed by atoms with Crippen molar-refractivity contribution in [2.24, 2.45) is 0 Å². The molecule has 2 aromatic rings. The van der Waals surface area contributed by atoms with Gasteiger partial charge in [0.25, 0.3) is 0 Å². The predicted octanol–water partition coefficient (Wildman–Crippen LogP) is 4.64. The summed E-state index contributed by atoms with van der Waals surface area (Å²) in [6.07, 6.45) is -3.17. The third kappa shape index (κ3) is 3.35. The van der Waals surface area contributed by atoms with Crippen molar-refractivity contribution in [1.82, 2.24) is 4.98 Å². The Morgan fingerprint density at radius 2 is 1.74 bits per heavy atom. The summed E-state index contributed by atoms with van der Waals surface area (Å²) in [5.41, 5.74) is -0.482. The molecule has 0 saturated carbocycles. The first-order valence-corrected chi connectivity index (χ1v) is 5.49. The molecule has 0 bridgehead atoms. The average molecular weight is 291 g/mol. The molecule has 2 rings (SSSR count). The number of aromatic nitrogens is 1. The summed E-state index contributed by atoms with van der Waals surface area (Å²) in [4.78, 5) is 3.70. The third-order valence-electron chi connectivity index (χ3n) is 2.28. The van der Waals surface area contributed by atoms with E-state index in [1.54, 1.807) is 0 Å². The zero-order valence-electron chi connectivity index (χ0n) is 9.30. The second kappa shape index (κ2) is 5.05. The van der Waals surface area contributed by atoms with Crippen LogP contribution in [0.25, 0.3) is 0 Å². The van der Waals surface area contributed by atoms with Crippen LogP contribution in [0.3, 0.4) is 0 Å². The highest BCUT2D eigenvalue weighted by atomic mass is 35.5. The zero-order valence-corrected chi connectivity index (χ0v) is 10.1. The Hall–Kier alpha value is -1.82. The van der Waals surface area contributed by atoms with E-state index in [9.17, 15) is 17.6 Å². The fourth-order valence-corrected chi connectivity index (χ4v) is 1.53. The van der Waals surface area contributed by atoms with Gasteiger partial charge < -0.3 is 5.32 Å². The van der Waals surface area contributed by atoms with Gasteiger partial charge in [0.2, 0.25) is 0 Å². The van der Waals surface area contributed by atoms with Crippen molar-refractivity contribution in [2.45, 2.75) is 6.18 Å². The van der Waals surface area contributed by atoms with Crippen LogP contribution in [0.4, 0.5) is 29.1 Å². The summed E-state index contributed by atoms with van der Waals surface area (Å²) in [5.74, 6) is -0.795. The molecule has 0 spiro atoms. The van der Waals surface area contributed by atoms with E-state index in [0.717, 1.165) is 18.2 Å². The number of nitrogens with zero attached hydrogens (tertiary/aromatic N) is 1. The number of anilines is 2. The Morgan fingerprint density at radius 1 is 1.11 bits per heavy atom. The Bertz CT molecular complexity index is 581. The molecule has 0 atom stereocenters. The van der Waals surface area contributed by atoms with Crippen LogP contribution in [0.15, 0.2) is 36.5 Å². The van der Waals surface area contributed by atoms with Crippen molar-refractivity contribution in [3.05, 3.63) is 52.9 Å².